The summed E-state index contributed by atoms with van der Waals surface area (Å²) in [6.45, 7) is 2.52. The molecule has 5 nitrogen and oxygen atoms in total. The van der Waals surface area contributed by atoms with Crippen LogP contribution in [-0.4, -0.2) is 54.9 Å². The summed E-state index contributed by atoms with van der Waals surface area (Å²) in [5.74, 6) is 3.34. The molecular weight excluding hydrogens is 352 g/mol. The van der Waals surface area contributed by atoms with E-state index in [1.54, 1.807) is 7.11 Å². The van der Waals surface area contributed by atoms with Crippen LogP contribution in [0.1, 0.15) is 48.9 Å². The minimum atomic E-state index is -0.0798. The molecule has 1 heterocycles. The Bertz CT molecular complexity index is 747. The maximum Gasteiger partial charge on any atom is 0.257 e. The Morgan fingerprint density at radius 3 is 2.00 bits per heavy atom. The molecular formula is C23H30N2O3. The number of amides is 2. The Labute approximate surface area is 167 Å². The number of hydrogen-bond acceptors (Lipinski definition) is 3. The molecule has 0 N–H and O–H groups in total. The van der Waals surface area contributed by atoms with E-state index in [2.05, 4.69) is 4.90 Å². The molecule has 1 aliphatic heterocycles. The van der Waals surface area contributed by atoms with E-state index in [-0.39, 0.29) is 11.3 Å². The average molecular weight is 383 g/mol. The zero-order valence-electron chi connectivity index (χ0n) is 16.7. The highest BCUT2D eigenvalue weighted by Crippen LogP contribution is 2.60. The summed E-state index contributed by atoms with van der Waals surface area (Å²) in [4.78, 5) is 30.3. The van der Waals surface area contributed by atoms with E-state index in [0.29, 0.717) is 43.4 Å². The lowest BCUT2D eigenvalue weighted by atomic mass is 9.49. The standard InChI is InChI=1S/C23H30N2O3/c1-28-20-5-3-2-4-19(20)21(26)24-6-8-25(9-7-24)22(27)23-13-16-10-17(14-23)12-18(11-16)15-23/h2-5,16-18H,6-15H2,1H3. The second kappa shape index (κ2) is 6.78. The molecule has 6 rings (SSSR count). The van der Waals surface area contributed by atoms with Crippen LogP contribution < -0.4 is 4.74 Å². The highest BCUT2D eigenvalue weighted by molar-refractivity contribution is 5.97. The van der Waals surface area contributed by atoms with Crippen molar-refractivity contribution in [3.05, 3.63) is 29.8 Å². The fraction of sp³-hybridized carbons (Fsp3) is 0.652. The third-order valence-corrected chi connectivity index (χ3v) is 7.68. The first-order valence-corrected chi connectivity index (χ1v) is 10.8. The van der Waals surface area contributed by atoms with Gasteiger partial charge in [0.25, 0.3) is 5.91 Å². The summed E-state index contributed by atoms with van der Waals surface area (Å²) in [5.41, 5.74) is 0.523. The molecule has 5 aliphatic rings. The summed E-state index contributed by atoms with van der Waals surface area (Å²) < 4.78 is 5.34. The van der Waals surface area contributed by atoms with Gasteiger partial charge in [0.2, 0.25) is 5.91 Å². The van der Waals surface area contributed by atoms with E-state index < -0.39 is 0 Å². The van der Waals surface area contributed by atoms with Crippen LogP contribution in [0, 0.1) is 23.2 Å². The van der Waals surface area contributed by atoms with Crippen LogP contribution >= 0.6 is 0 Å². The Hall–Kier alpha value is -2.04. The molecule has 0 radical (unpaired) electrons. The van der Waals surface area contributed by atoms with Crippen LogP contribution in [0.25, 0.3) is 0 Å². The normalized spacial score (nSPS) is 33.8. The molecule has 0 spiro atoms. The number of carbonyl (C=O) groups excluding carboxylic acids is 2. The van der Waals surface area contributed by atoms with Crippen molar-refractivity contribution in [3.8, 4) is 5.75 Å². The van der Waals surface area contributed by atoms with Crippen LogP contribution in [0.4, 0.5) is 0 Å². The number of hydrogen-bond donors (Lipinski definition) is 0. The molecule has 2 amide bonds. The zero-order chi connectivity index (χ0) is 19.3. The van der Waals surface area contributed by atoms with Crippen molar-refractivity contribution in [3.63, 3.8) is 0 Å². The van der Waals surface area contributed by atoms with E-state index in [4.69, 9.17) is 4.74 Å². The van der Waals surface area contributed by atoms with Crippen molar-refractivity contribution in [2.24, 2.45) is 23.2 Å². The van der Waals surface area contributed by atoms with Crippen LogP contribution in [-0.2, 0) is 4.79 Å². The summed E-state index contributed by atoms with van der Waals surface area (Å²) >= 11 is 0. The second-order valence-electron chi connectivity index (χ2n) is 9.48. The molecule has 5 heteroatoms. The number of piperazine rings is 1. The minimum absolute atomic E-state index is 0.000599. The molecule has 5 fully saturated rings. The first kappa shape index (κ1) is 18.0. The number of nitrogens with zero attached hydrogens (tertiary/aromatic N) is 2. The number of ether oxygens (including phenoxy) is 1. The predicted molar refractivity (Wildman–Crippen MR) is 106 cm³/mol. The lowest BCUT2D eigenvalue weighted by Crippen LogP contribution is -2.58. The molecule has 150 valence electrons. The van der Waals surface area contributed by atoms with Gasteiger partial charge in [-0.15, -0.1) is 0 Å². The van der Waals surface area contributed by atoms with Crippen molar-refractivity contribution in [1.82, 2.24) is 9.80 Å². The quantitative estimate of drug-likeness (QED) is 0.807. The van der Waals surface area contributed by atoms with Gasteiger partial charge in [0.05, 0.1) is 18.1 Å². The molecule has 1 aromatic carbocycles. The van der Waals surface area contributed by atoms with Gasteiger partial charge in [0.15, 0.2) is 0 Å². The molecule has 4 saturated carbocycles. The molecule has 0 aromatic heterocycles. The highest BCUT2D eigenvalue weighted by atomic mass is 16.5. The average Bonchev–Trinajstić information content (AvgIpc) is 2.72. The van der Waals surface area contributed by atoms with Gasteiger partial charge in [0.1, 0.15) is 5.75 Å². The Morgan fingerprint density at radius 2 is 1.43 bits per heavy atom. The maximum atomic E-state index is 13.5. The molecule has 1 saturated heterocycles. The van der Waals surface area contributed by atoms with Gasteiger partial charge in [-0.05, 0) is 68.4 Å². The predicted octanol–water partition coefficient (Wildman–Crippen LogP) is 3.20. The third kappa shape index (κ3) is 2.90. The van der Waals surface area contributed by atoms with Gasteiger partial charge in [-0.1, -0.05) is 12.1 Å². The number of methoxy groups -OCH3 is 1. The van der Waals surface area contributed by atoms with Gasteiger partial charge < -0.3 is 14.5 Å². The van der Waals surface area contributed by atoms with Gasteiger partial charge in [-0.2, -0.15) is 0 Å². The molecule has 0 atom stereocenters. The van der Waals surface area contributed by atoms with Crippen LogP contribution in [0.2, 0.25) is 0 Å². The third-order valence-electron chi connectivity index (χ3n) is 7.68. The fourth-order valence-corrected chi connectivity index (χ4v) is 6.81. The van der Waals surface area contributed by atoms with Crippen LogP contribution in [0.3, 0.4) is 0 Å². The molecule has 1 aromatic rings. The van der Waals surface area contributed by atoms with Gasteiger partial charge in [0, 0.05) is 26.2 Å². The lowest BCUT2D eigenvalue weighted by molar-refractivity contribution is -0.159. The Morgan fingerprint density at radius 1 is 0.893 bits per heavy atom. The second-order valence-corrected chi connectivity index (χ2v) is 9.48. The van der Waals surface area contributed by atoms with Crippen molar-refractivity contribution >= 4 is 11.8 Å². The van der Waals surface area contributed by atoms with E-state index in [1.165, 1.54) is 19.3 Å². The first-order chi connectivity index (χ1) is 13.6. The lowest BCUT2D eigenvalue weighted by Gasteiger charge is -2.57. The number of benzene rings is 1. The van der Waals surface area contributed by atoms with Crippen molar-refractivity contribution in [2.45, 2.75) is 38.5 Å². The molecule has 4 aliphatic carbocycles. The smallest absolute Gasteiger partial charge is 0.257 e. The minimum Gasteiger partial charge on any atom is -0.496 e. The van der Waals surface area contributed by atoms with Gasteiger partial charge in [-0.3, -0.25) is 9.59 Å². The first-order valence-electron chi connectivity index (χ1n) is 10.8. The molecule has 28 heavy (non-hydrogen) atoms. The van der Waals surface area contributed by atoms with E-state index in [0.717, 1.165) is 37.0 Å². The summed E-state index contributed by atoms with van der Waals surface area (Å²) in [7, 11) is 1.59. The van der Waals surface area contributed by atoms with E-state index in [1.807, 2.05) is 29.2 Å². The Kier molecular flexibility index (Phi) is 4.37. The Balaban J connectivity index is 1.25. The molecule has 0 unspecified atom stereocenters. The van der Waals surface area contributed by atoms with Crippen LogP contribution in [0.5, 0.6) is 5.75 Å². The zero-order valence-corrected chi connectivity index (χ0v) is 16.7. The number of rotatable bonds is 3. The van der Waals surface area contributed by atoms with Crippen molar-refractivity contribution in [1.29, 1.82) is 0 Å². The number of carbonyl (C=O) groups is 2. The summed E-state index contributed by atoms with van der Waals surface area (Å²) in [6.07, 6.45) is 7.39. The van der Waals surface area contributed by atoms with Crippen LogP contribution in [0.15, 0.2) is 24.3 Å². The summed E-state index contributed by atoms with van der Waals surface area (Å²) in [6, 6.07) is 7.37. The van der Waals surface area contributed by atoms with Gasteiger partial charge >= 0.3 is 0 Å². The van der Waals surface area contributed by atoms with Crippen molar-refractivity contribution < 1.29 is 14.3 Å². The summed E-state index contributed by atoms with van der Waals surface area (Å²) in [5, 5.41) is 0. The SMILES string of the molecule is COc1ccccc1C(=O)N1CCN(C(=O)C23CC4CC(CC(C4)C2)C3)CC1. The van der Waals surface area contributed by atoms with E-state index in [9.17, 15) is 9.59 Å². The van der Waals surface area contributed by atoms with Gasteiger partial charge in [-0.25, -0.2) is 0 Å². The van der Waals surface area contributed by atoms with E-state index >= 15 is 0 Å². The molecule has 4 bridgehead atoms. The largest absolute Gasteiger partial charge is 0.496 e. The monoisotopic (exact) mass is 382 g/mol. The number of para-hydroxylation sites is 1. The highest BCUT2D eigenvalue weighted by Gasteiger charge is 2.55. The maximum absolute atomic E-state index is 13.5. The topological polar surface area (TPSA) is 49.9 Å². The fourth-order valence-electron chi connectivity index (χ4n) is 6.81. The van der Waals surface area contributed by atoms with Crippen molar-refractivity contribution in [2.75, 3.05) is 33.3 Å².